The molecule has 1 aromatic carbocycles. The number of hydrogen-bond donors (Lipinski definition) is 1. The first-order valence-electron chi connectivity index (χ1n) is 5.55. The van der Waals surface area contributed by atoms with E-state index in [1.165, 1.54) is 30.1 Å². The van der Waals surface area contributed by atoms with E-state index in [0.29, 0.717) is 16.4 Å². The van der Waals surface area contributed by atoms with Gasteiger partial charge in [-0.15, -0.1) is 0 Å². The van der Waals surface area contributed by atoms with Gasteiger partial charge in [0.25, 0.3) is 5.91 Å². The number of hydrogen-bond acceptors (Lipinski definition) is 4. The smallest absolute Gasteiger partial charge is 0.259 e. The Morgan fingerprint density at radius 2 is 2.11 bits per heavy atom. The van der Waals surface area contributed by atoms with Gasteiger partial charge in [0, 0.05) is 6.20 Å². The normalized spacial score (nSPS) is 10.3. The number of benzene rings is 1. The number of carbonyl (C=O) groups is 1. The molecule has 2 aromatic rings. The summed E-state index contributed by atoms with van der Waals surface area (Å²) in [5, 5.41) is 3.10. The van der Waals surface area contributed by atoms with Gasteiger partial charge in [-0.1, -0.05) is 23.9 Å². The summed E-state index contributed by atoms with van der Waals surface area (Å²) in [6.45, 7) is 1.72. The quantitative estimate of drug-likeness (QED) is 0.692. The monoisotopic (exact) mass is 277 g/mol. The predicted molar refractivity (Wildman–Crippen MR) is 72.9 cm³/mol. The zero-order valence-electron chi connectivity index (χ0n) is 10.5. The third-order valence-corrected chi connectivity index (χ3v) is 3.07. The molecular formula is C13H12FN3OS. The minimum atomic E-state index is -0.477. The molecule has 1 aromatic heterocycles. The third-order valence-electron chi connectivity index (χ3n) is 2.51. The van der Waals surface area contributed by atoms with Crippen molar-refractivity contribution in [3.8, 4) is 0 Å². The molecule has 0 bridgehead atoms. The molecular weight excluding hydrogens is 265 g/mol. The van der Waals surface area contributed by atoms with Gasteiger partial charge in [0.2, 0.25) is 0 Å². The van der Waals surface area contributed by atoms with E-state index in [1.807, 2.05) is 6.26 Å². The fourth-order valence-electron chi connectivity index (χ4n) is 1.52. The molecule has 0 aliphatic heterocycles. The first kappa shape index (κ1) is 13.5. The molecule has 0 fully saturated rings. The lowest BCUT2D eigenvalue weighted by Gasteiger charge is -2.08. The highest BCUT2D eigenvalue weighted by Gasteiger charge is 2.13. The zero-order chi connectivity index (χ0) is 13.8. The minimum absolute atomic E-state index is 0.140. The molecule has 19 heavy (non-hydrogen) atoms. The van der Waals surface area contributed by atoms with Gasteiger partial charge in [0.05, 0.1) is 16.9 Å². The highest BCUT2D eigenvalue weighted by Crippen LogP contribution is 2.16. The average Bonchev–Trinajstić information content (AvgIpc) is 2.41. The van der Waals surface area contributed by atoms with Crippen LogP contribution in [0.4, 0.5) is 10.1 Å². The van der Waals surface area contributed by atoms with Crippen molar-refractivity contribution in [1.29, 1.82) is 0 Å². The Morgan fingerprint density at radius 3 is 2.74 bits per heavy atom. The van der Waals surface area contributed by atoms with Crippen molar-refractivity contribution in [1.82, 2.24) is 9.97 Å². The van der Waals surface area contributed by atoms with Crippen molar-refractivity contribution in [2.45, 2.75) is 12.1 Å². The van der Waals surface area contributed by atoms with Crippen LogP contribution in [-0.2, 0) is 0 Å². The van der Waals surface area contributed by atoms with Crippen LogP contribution in [-0.4, -0.2) is 22.1 Å². The number of amides is 1. The fraction of sp³-hybridized carbons (Fsp3) is 0.154. The zero-order valence-corrected chi connectivity index (χ0v) is 11.3. The minimum Gasteiger partial charge on any atom is -0.319 e. The second kappa shape index (κ2) is 5.79. The first-order valence-corrected chi connectivity index (χ1v) is 6.78. The molecule has 2 rings (SSSR count). The number of nitrogens with one attached hydrogen (secondary N) is 1. The van der Waals surface area contributed by atoms with Crippen molar-refractivity contribution < 1.29 is 9.18 Å². The maximum atomic E-state index is 13.4. The Labute approximate surface area is 114 Å². The Morgan fingerprint density at radius 1 is 1.37 bits per heavy atom. The molecule has 1 heterocycles. The standard InChI is InChI=1S/C13H12FN3OS/c1-8-9(7-15-13(16-8)19-2)12(18)17-11-6-4-3-5-10(11)14/h3-7H,1-2H3,(H,17,18). The number of carbonyl (C=O) groups excluding carboxylic acids is 1. The van der Waals surface area contributed by atoms with Crippen LogP contribution in [0.2, 0.25) is 0 Å². The van der Waals surface area contributed by atoms with E-state index in [9.17, 15) is 9.18 Å². The maximum absolute atomic E-state index is 13.4. The van der Waals surface area contributed by atoms with Crippen molar-refractivity contribution >= 4 is 23.4 Å². The van der Waals surface area contributed by atoms with Crippen LogP contribution in [0.3, 0.4) is 0 Å². The average molecular weight is 277 g/mol. The lowest BCUT2D eigenvalue weighted by atomic mass is 10.2. The molecule has 0 saturated carbocycles. The van der Waals surface area contributed by atoms with E-state index in [-0.39, 0.29) is 5.69 Å². The van der Waals surface area contributed by atoms with Gasteiger partial charge in [0.1, 0.15) is 5.82 Å². The van der Waals surface area contributed by atoms with E-state index in [4.69, 9.17) is 0 Å². The van der Waals surface area contributed by atoms with Gasteiger partial charge in [-0.25, -0.2) is 14.4 Å². The van der Waals surface area contributed by atoms with Gasteiger partial charge in [-0.3, -0.25) is 4.79 Å². The number of halogens is 1. The lowest BCUT2D eigenvalue weighted by Crippen LogP contribution is -2.15. The van der Waals surface area contributed by atoms with Crippen LogP contribution in [0, 0.1) is 12.7 Å². The van der Waals surface area contributed by atoms with Gasteiger partial charge >= 0.3 is 0 Å². The molecule has 0 aliphatic carbocycles. The maximum Gasteiger partial charge on any atom is 0.259 e. The summed E-state index contributed by atoms with van der Waals surface area (Å²) in [7, 11) is 0. The topological polar surface area (TPSA) is 54.9 Å². The number of aryl methyl sites for hydroxylation is 1. The fourth-order valence-corrected chi connectivity index (χ4v) is 1.91. The summed E-state index contributed by atoms with van der Waals surface area (Å²) in [5.41, 5.74) is 1.04. The predicted octanol–water partition coefficient (Wildman–Crippen LogP) is 2.90. The summed E-state index contributed by atoms with van der Waals surface area (Å²) in [5.74, 6) is -0.898. The van der Waals surface area contributed by atoms with Gasteiger partial charge < -0.3 is 5.32 Å². The van der Waals surface area contributed by atoms with E-state index in [1.54, 1.807) is 19.1 Å². The molecule has 1 amide bonds. The van der Waals surface area contributed by atoms with Crippen LogP contribution in [0.1, 0.15) is 16.1 Å². The highest BCUT2D eigenvalue weighted by molar-refractivity contribution is 7.98. The van der Waals surface area contributed by atoms with Crippen LogP contribution in [0.15, 0.2) is 35.6 Å². The van der Waals surface area contributed by atoms with Crippen molar-refractivity contribution in [2.75, 3.05) is 11.6 Å². The molecule has 1 N–H and O–H groups in total. The largest absolute Gasteiger partial charge is 0.319 e. The van der Waals surface area contributed by atoms with Crippen LogP contribution in [0.5, 0.6) is 0 Å². The van der Waals surface area contributed by atoms with E-state index in [0.717, 1.165) is 0 Å². The second-order valence-electron chi connectivity index (χ2n) is 3.79. The highest BCUT2D eigenvalue weighted by atomic mass is 32.2. The van der Waals surface area contributed by atoms with Crippen molar-refractivity contribution in [2.24, 2.45) is 0 Å². The Bertz CT molecular complexity index is 619. The number of para-hydroxylation sites is 1. The Balaban J connectivity index is 2.23. The number of nitrogens with zero attached hydrogens (tertiary/aromatic N) is 2. The molecule has 6 heteroatoms. The number of thioether (sulfide) groups is 1. The summed E-state index contributed by atoms with van der Waals surface area (Å²) >= 11 is 1.40. The molecule has 0 spiro atoms. The molecule has 4 nitrogen and oxygen atoms in total. The van der Waals surface area contributed by atoms with E-state index >= 15 is 0 Å². The Kier molecular flexibility index (Phi) is 4.11. The SMILES string of the molecule is CSc1ncc(C(=O)Nc2ccccc2F)c(C)n1. The van der Waals surface area contributed by atoms with Gasteiger partial charge in [-0.2, -0.15) is 0 Å². The summed E-state index contributed by atoms with van der Waals surface area (Å²) in [6.07, 6.45) is 3.30. The summed E-state index contributed by atoms with van der Waals surface area (Å²) in [6, 6.07) is 6.00. The van der Waals surface area contributed by atoms with Crippen LogP contribution >= 0.6 is 11.8 Å². The van der Waals surface area contributed by atoms with E-state index in [2.05, 4.69) is 15.3 Å². The number of aromatic nitrogens is 2. The third kappa shape index (κ3) is 3.08. The first-order chi connectivity index (χ1) is 9.11. The van der Waals surface area contributed by atoms with Crippen molar-refractivity contribution in [3.63, 3.8) is 0 Å². The summed E-state index contributed by atoms with van der Waals surface area (Å²) < 4.78 is 13.4. The second-order valence-corrected chi connectivity index (χ2v) is 4.56. The van der Waals surface area contributed by atoms with Gasteiger partial charge in [-0.05, 0) is 25.3 Å². The van der Waals surface area contributed by atoms with Crippen LogP contribution < -0.4 is 5.32 Å². The van der Waals surface area contributed by atoms with Crippen LogP contribution in [0.25, 0.3) is 0 Å². The molecule has 0 saturated heterocycles. The lowest BCUT2D eigenvalue weighted by molar-refractivity contribution is 0.102. The summed E-state index contributed by atoms with van der Waals surface area (Å²) in [4.78, 5) is 20.2. The van der Waals surface area contributed by atoms with E-state index < -0.39 is 11.7 Å². The molecule has 0 unspecified atom stereocenters. The number of anilines is 1. The van der Waals surface area contributed by atoms with Gasteiger partial charge in [0.15, 0.2) is 5.16 Å². The number of rotatable bonds is 3. The van der Waals surface area contributed by atoms with Crippen molar-refractivity contribution in [3.05, 3.63) is 47.5 Å². The molecule has 0 aliphatic rings. The molecule has 98 valence electrons. The Hall–Kier alpha value is -1.95. The molecule has 0 radical (unpaired) electrons. The molecule has 0 atom stereocenters.